The molecule has 4 heteroatoms. The van der Waals surface area contributed by atoms with Crippen LogP contribution in [0.1, 0.15) is 27.2 Å². The number of aromatic nitrogens is 1. The minimum Gasteiger partial charge on any atom is -0.345 e. The van der Waals surface area contributed by atoms with E-state index in [-0.39, 0.29) is 11.7 Å². The topological polar surface area (TPSA) is 25.2 Å². The number of hydrogen-bond acceptors (Lipinski definition) is 1. The third kappa shape index (κ3) is 5.61. The molecule has 5 aromatic rings. The van der Waals surface area contributed by atoms with Crippen LogP contribution in [0.15, 0.2) is 128 Å². The standard InChI is InChI=1S/C32H27FN2O/c33-30-19-13-26(14-20-30)22-34-21-7-12-31(34)24-35(23-25-8-3-1-4-9-25)32(36)29-17-15-28(16-18-29)27-10-5-2-6-11-27/h1-21H,22-24H2. The van der Waals surface area contributed by atoms with E-state index in [2.05, 4.69) is 16.7 Å². The van der Waals surface area contributed by atoms with Gasteiger partial charge in [-0.05, 0) is 58.7 Å². The Morgan fingerprint density at radius 3 is 1.97 bits per heavy atom. The largest absolute Gasteiger partial charge is 0.345 e. The molecule has 36 heavy (non-hydrogen) atoms. The third-order valence-electron chi connectivity index (χ3n) is 6.29. The van der Waals surface area contributed by atoms with Crippen LogP contribution in [0.25, 0.3) is 11.1 Å². The average molecular weight is 475 g/mol. The van der Waals surface area contributed by atoms with Crippen LogP contribution in [0, 0.1) is 5.82 Å². The number of benzene rings is 4. The van der Waals surface area contributed by atoms with Gasteiger partial charge in [0.15, 0.2) is 0 Å². The highest BCUT2D eigenvalue weighted by atomic mass is 19.1. The fourth-order valence-corrected chi connectivity index (χ4v) is 4.35. The van der Waals surface area contributed by atoms with E-state index in [0.717, 1.165) is 27.9 Å². The van der Waals surface area contributed by atoms with Crippen LogP contribution in [0.3, 0.4) is 0 Å². The van der Waals surface area contributed by atoms with Gasteiger partial charge in [-0.1, -0.05) is 84.9 Å². The summed E-state index contributed by atoms with van der Waals surface area (Å²) in [7, 11) is 0. The van der Waals surface area contributed by atoms with Gasteiger partial charge in [0.1, 0.15) is 5.82 Å². The summed E-state index contributed by atoms with van der Waals surface area (Å²) in [6.45, 7) is 1.58. The van der Waals surface area contributed by atoms with Gasteiger partial charge in [0, 0.05) is 30.5 Å². The molecule has 1 heterocycles. The van der Waals surface area contributed by atoms with Crippen molar-refractivity contribution in [2.45, 2.75) is 19.6 Å². The first-order valence-electron chi connectivity index (χ1n) is 12.0. The monoisotopic (exact) mass is 474 g/mol. The third-order valence-corrected chi connectivity index (χ3v) is 6.29. The van der Waals surface area contributed by atoms with Crippen LogP contribution in [0.5, 0.6) is 0 Å². The molecule has 0 N–H and O–H groups in total. The van der Waals surface area contributed by atoms with Gasteiger partial charge in [0.05, 0.1) is 6.54 Å². The Morgan fingerprint density at radius 1 is 0.639 bits per heavy atom. The van der Waals surface area contributed by atoms with Gasteiger partial charge < -0.3 is 9.47 Å². The summed E-state index contributed by atoms with van der Waals surface area (Å²) in [6, 6.07) is 38.5. The molecule has 4 aromatic carbocycles. The first kappa shape index (κ1) is 23.3. The van der Waals surface area contributed by atoms with E-state index in [1.807, 2.05) is 96.0 Å². The lowest BCUT2D eigenvalue weighted by Crippen LogP contribution is -2.31. The average Bonchev–Trinajstić information content (AvgIpc) is 3.36. The molecule has 0 fully saturated rings. The van der Waals surface area contributed by atoms with Crippen molar-refractivity contribution in [2.24, 2.45) is 0 Å². The van der Waals surface area contributed by atoms with Gasteiger partial charge in [0.2, 0.25) is 0 Å². The van der Waals surface area contributed by atoms with E-state index in [9.17, 15) is 9.18 Å². The van der Waals surface area contributed by atoms with E-state index in [1.54, 1.807) is 12.1 Å². The number of carbonyl (C=O) groups excluding carboxylic acids is 1. The molecular weight excluding hydrogens is 447 g/mol. The summed E-state index contributed by atoms with van der Waals surface area (Å²) in [5, 5.41) is 0. The van der Waals surface area contributed by atoms with Crippen molar-refractivity contribution in [3.05, 3.63) is 156 Å². The summed E-state index contributed by atoms with van der Waals surface area (Å²) in [5.74, 6) is -0.266. The van der Waals surface area contributed by atoms with Crippen molar-refractivity contribution in [3.8, 4) is 11.1 Å². The molecule has 0 aliphatic rings. The number of hydrogen-bond donors (Lipinski definition) is 0. The molecule has 3 nitrogen and oxygen atoms in total. The van der Waals surface area contributed by atoms with Gasteiger partial charge >= 0.3 is 0 Å². The van der Waals surface area contributed by atoms with E-state index >= 15 is 0 Å². The summed E-state index contributed by atoms with van der Waals surface area (Å²) in [6.07, 6.45) is 2.00. The zero-order chi connectivity index (χ0) is 24.7. The lowest BCUT2D eigenvalue weighted by molar-refractivity contribution is 0.0726. The van der Waals surface area contributed by atoms with Crippen molar-refractivity contribution in [1.29, 1.82) is 0 Å². The van der Waals surface area contributed by atoms with Crippen LogP contribution in [-0.2, 0) is 19.6 Å². The zero-order valence-electron chi connectivity index (χ0n) is 19.9. The Kier molecular flexibility index (Phi) is 7.04. The Morgan fingerprint density at radius 2 is 1.28 bits per heavy atom. The number of amides is 1. The number of rotatable bonds is 8. The fourth-order valence-electron chi connectivity index (χ4n) is 4.35. The van der Waals surface area contributed by atoms with Crippen LogP contribution in [-0.4, -0.2) is 15.4 Å². The van der Waals surface area contributed by atoms with Crippen molar-refractivity contribution in [3.63, 3.8) is 0 Å². The van der Waals surface area contributed by atoms with Crippen LogP contribution in [0.2, 0.25) is 0 Å². The maximum absolute atomic E-state index is 13.7. The van der Waals surface area contributed by atoms with Crippen LogP contribution < -0.4 is 0 Å². The molecular formula is C32H27FN2O. The number of carbonyl (C=O) groups is 1. The van der Waals surface area contributed by atoms with Crippen molar-refractivity contribution in [1.82, 2.24) is 9.47 Å². The van der Waals surface area contributed by atoms with Crippen molar-refractivity contribution < 1.29 is 9.18 Å². The highest BCUT2D eigenvalue weighted by Crippen LogP contribution is 2.21. The zero-order valence-corrected chi connectivity index (χ0v) is 19.9. The van der Waals surface area contributed by atoms with Crippen molar-refractivity contribution in [2.75, 3.05) is 0 Å². The van der Waals surface area contributed by atoms with E-state index in [0.29, 0.717) is 25.2 Å². The van der Waals surface area contributed by atoms with Gasteiger partial charge in [-0.25, -0.2) is 4.39 Å². The molecule has 0 radical (unpaired) electrons. The lowest BCUT2D eigenvalue weighted by atomic mass is 10.0. The lowest BCUT2D eigenvalue weighted by Gasteiger charge is -2.24. The maximum Gasteiger partial charge on any atom is 0.254 e. The molecule has 0 bridgehead atoms. The number of nitrogens with zero attached hydrogens (tertiary/aromatic N) is 2. The van der Waals surface area contributed by atoms with Crippen molar-refractivity contribution >= 4 is 5.91 Å². The Labute approximate surface area is 211 Å². The number of halogens is 1. The first-order valence-corrected chi connectivity index (χ1v) is 12.0. The summed E-state index contributed by atoms with van der Waals surface area (Å²) >= 11 is 0. The molecule has 0 aliphatic carbocycles. The second-order valence-corrected chi connectivity index (χ2v) is 8.84. The van der Waals surface area contributed by atoms with Gasteiger partial charge in [-0.3, -0.25) is 4.79 Å². The predicted molar refractivity (Wildman–Crippen MR) is 142 cm³/mol. The highest BCUT2D eigenvalue weighted by molar-refractivity contribution is 5.94. The quantitative estimate of drug-likeness (QED) is 0.234. The highest BCUT2D eigenvalue weighted by Gasteiger charge is 2.18. The second-order valence-electron chi connectivity index (χ2n) is 8.84. The van der Waals surface area contributed by atoms with Crippen LogP contribution in [0.4, 0.5) is 4.39 Å². The van der Waals surface area contributed by atoms with Gasteiger partial charge in [-0.2, -0.15) is 0 Å². The summed E-state index contributed by atoms with van der Waals surface area (Å²) in [5.41, 5.74) is 5.95. The van der Waals surface area contributed by atoms with Gasteiger partial charge in [-0.15, -0.1) is 0 Å². The predicted octanol–water partition coefficient (Wildman–Crippen LogP) is 7.19. The molecule has 0 spiro atoms. The maximum atomic E-state index is 13.7. The molecule has 0 unspecified atom stereocenters. The van der Waals surface area contributed by atoms with E-state index in [4.69, 9.17) is 0 Å². The molecule has 0 aliphatic heterocycles. The molecule has 0 saturated heterocycles. The normalized spacial score (nSPS) is 10.8. The molecule has 0 atom stereocenters. The SMILES string of the molecule is O=C(c1ccc(-c2ccccc2)cc1)N(Cc1ccccc1)Cc1cccn1Cc1ccc(F)cc1. The first-order chi connectivity index (χ1) is 17.7. The fraction of sp³-hybridized carbons (Fsp3) is 0.0938. The minimum absolute atomic E-state index is 0.0204. The van der Waals surface area contributed by atoms with E-state index < -0.39 is 0 Å². The molecule has 5 rings (SSSR count). The van der Waals surface area contributed by atoms with Crippen LogP contribution >= 0.6 is 0 Å². The second kappa shape index (κ2) is 10.9. The molecule has 1 aromatic heterocycles. The molecule has 178 valence electrons. The van der Waals surface area contributed by atoms with Gasteiger partial charge in [0.25, 0.3) is 5.91 Å². The summed E-state index contributed by atoms with van der Waals surface area (Å²) < 4.78 is 15.5. The minimum atomic E-state index is -0.246. The Hall–Kier alpha value is -4.44. The summed E-state index contributed by atoms with van der Waals surface area (Å²) in [4.78, 5) is 15.6. The molecule has 0 saturated carbocycles. The Bertz CT molecular complexity index is 1410. The Balaban J connectivity index is 1.39. The molecule has 1 amide bonds. The van der Waals surface area contributed by atoms with E-state index in [1.165, 1.54) is 12.1 Å². The smallest absolute Gasteiger partial charge is 0.254 e.